The molecule has 1 aliphatic rings. The van der Waals surface area contributed by atoms with Crippen LogP contribution in [-0.4, -0.2) is 34.4 Å². The number of aryl methyl sites for hydroxylation is 1. The minimum atomic E-state index is -0.113. The maximum Gasteiger partial charge on any atom is 0.292 e. The van der Waals surface area contributed by atoms with Crippen LogP contribution in [0.2, 0.25) is 0 Å². The Hall–Kier alpha value is -1.03. The van der Waals surface area contributed by atoms with Gasteiger partial charge in [0.2, 0.25) is 5.76 Å². The van der Waals surface area contributed by atoms with Gasteiger partial charge in [0.25, 0.3) is 5.91 Å². The van der Waals surface area contributed by atoms with E-state index in [2.05, 4.69) is 12.1 Å². The van der Waals surface area contributed by atoms with Crippen molar-refractivity contribution in [2.45, 2.75) is 25.6 Å². The van der Waals surface area contributed by atoms with Gasteiger partial charge in [-0.25, -0.2) is 0 Å². The molecule has 1 aromatic rings. The molecular weight excluding hydrogens is 228 g/mol. The summed E-state index contributed by atoms with van der Waals surface area (Å²) >= 11 is 6.16. The molecule has 0 bridgehead atoms. The summed E-state index contributed by atoms with van der Waals surface area (Å²) in [5, 5.41) is 3.74. The summed E-state index contributed by atoms with van der Waals surface area (Å²) < 4.78 is 4.96. The molecule has 0 spiro atoms. The molecule has 2 rings (SSSR count). The Bertz CT molecular complexity index is 391. The van der Waals surface area contributed by atoms with Crippen LogP contribution in [0.5, 0.6) is 0 Å². The third kappa shape index (κ3) is 2.21. The van der Waals surface area contributed by atoms with Crippen LogP contribution in [-0.2, 0) is 0 Å². The Balaban J connectivity index is 2.06. The van der Waals surface area contributed by atoms with E-state index < -0.39 is 0 Å². The zero-order valence-corrected chi connectivity index (χ0v) is 10.2. The highest BCUT2D eigenvalue weighted by molar-refractivity contribution is 6.21. The molecular formula is C11H15ClN2O2. The lowest BCUT2D eigenvalue weighted by Crippen LogP contribution is -2.43. The van der Waals surface area contributed by atoms with Crippen molar-refractivity contribution in [1.82, 2.24) is 10.1 Å². The first-order chi connectivity index (χ1) is 7.58. The van der Waals surface area contributed by atoms with Crippen LogP contribution in [0.15, 0.2) is 10.6 Å². The second kappa shape index (κ2) is 4.45. The summed E-state index contributed by atoms with van der Waals surface area (Å²) in [7, 11) is 0. The van der Waals surface area contributed by atoms with Gasteiger partial charge in [-0.05, 0) is 19.3 Å². The normalized spacial score (nSPS) is 25.8. The van der Waals surface area contributed by atoms with E-state index in [0.29, 0.717) is 18.2 Å². The van der Waals surface area contributed by atoms with E-state index >= 15 is 0 Å². The molecule has 1 aromatic heterocycles. The number of carbonyl (C=O) groups is 1. The average molecular weight is 243 g/mol. The van der Waals surface area contributed by atoms with Crippen molar-refractivity contribution in [3.8, 4) is 0 Å². The number of nitrogens with zero attached hydrogens (tertiary/aromatic N) is 2. The Kier molecular flexibility index (Phi) is 3.19. The van der Waals surface area contributed by atoms with Crippen molar-refractivity contribution in [2.24, 2.45) is 5.92 Å². The fraction of sp³-hybridized carbons (Fsp3) is 0.636. The second-order valence-electron chi connectivity index (χ2n) is 4.37. The van der Waals surface area contributed by atoms with Gasteiger partial charge < -0.3 is 9.42 Å². The highest BCUT2D eigenvalue weighted by atomic mass is 35.5. The Labute approximate surface area is 99.5 Å². The predicted octanol–water partition coefficient (Wildman–Crippen LogP) is 2.07. The number of hydrogen-bond acceptors (Lipinski definition) is 3. The van der Waals surface area contributed by atoms with E-state index in [0.717, 1.165) is 18.7 Å². The molecule has 2 atom stereocenters. The van der Waals surface area contributed by atoms with E-state index in [-0.39, 0.29) is 11.3 Å². The molecule has 2 unspecified atom stereocenters. The van der Waals surface area contributed by atoms with E-state index in [9.17, 15) is 4.79 Å². The van der Waals surface area contributed by atoms with Crippen molar-refractivity contribution in [3.63, 3.8) is 0 Å². The molecule has 88 valence electrons. The first-order valence-corrected chi connectivity index (χ1v) is 5.88. The van der Waals surface area contributed by atoms with Gasteiger partial charge in [0.15, 0.2) is 0 Å². The van der Waals surface area contributed by atoms with E-state index in [1.807, 2.05) is 0 Å². The van der Waals surface area contributed by atoms with E-state index in [1.165, 1.54) is 0 Å². The zero-order chi connectivity index (χ0) is 11.7. The molecule has 0 aromatic carbocycles. The maximum atomic E-state index is 12.0. The number of aromatic nitrogens is 1. The number of piperidine rings is 1. The van der Waals surface area contributed by atoms with Gasteiger partial charge in [-0.3, -0.25) is 4.79 Å². The summed E-state index contributed by atoms with van der Waals surface area (Å²) in [5.41, 5.74) is 0.719. The minimum Gasteiger partial charge on any atom is -0.351 e. The lowest BCUT2D eigenvalue weighted by Gasteiger charge is -2.33. The van der Waals surface area contributed by atoms with E-state index in [4.69, 9.17) is 16.1 Å². The van der Waals surface area contributed by atoms with Crippen molar-refractivity contribution in [1.29, 1.82) is 0 Å². The summed E-state index contributed by atoms with van der Waals surface area (Å²) in [6.07, 6.45) is 0.938. The first-order valence-electron chi connectivity index (χ1n) is 5.44. The molecule has 0 saturated carbocycles. The molecule has 1 aliphatic heterocycles. The maximum absolute atomic E-state index is 12.0. The van der Waals surface area contributed by atoms with Gasteiger partial charge in [-0.2, -0.15) is 0 Å². The number of carbonyl (C=O) groups excluding carboxylic acids is 1. The van der Waals surface area contributed by atoms with Gasteiger partial charge in [-0.15, -0.1) is 11.6 Å². The molecule has 2 heterocycles. The molecule has 5 heteroatoms. The van der Waals surface area contributed by atoms with Crippen LogP contribution in [0.3, 0.4) is 0 Å². The number of alkyl halides is 1. The van der Waals surface area contributed by atoms with Gasteiger partial charge in [0, 0.05) is 19.2 Å². The van der Waals surface area contributed by atoms with Crippen LogP contribution >= 0.6 is 11.6 Å². The molecule has 1 amide bonds. The van der Waals surface area contributed by atoms with Crippen LogP contribution in [0.1, 0.15) is 29.6 Å². The van der Waals surface area contributed by atoms with Gasteiger partial charge in [-0.1, -0.05) is 12.1 Å². The summed E-state index contributed by atoms with van der Waals surface area (Å²) in [4.78, 5) is 13.7. The average Bonchev–Trinajstić information content (AvgIpc) is 2.68. The lowest BCUT2D eigenvalue weighted by molar-refractivity contribution is 0.0659. The van der Waals surface area contributed by atoms with Crippen LogP contribution in [0, 0.1) is 12.8 Å². The van der Waals surface area contributed by atoms with Crippen LogP contribution in [0.4, 0.5) is 0 Å². The molecule has 0 aliphatic carbocycles. The van der Waals surface area contributed by atoms with Crippen molar-refractivity contribution in [3.05, 3.63) is 17.5 Å². The van der Waals surface area contributed by atoms with Crippen molar-refractivity contribution >= 4 is 17.5 Å². The lowest BCUT2D eigenvalue weighted by atomic mass is 9.98. The Morgan fingerprint density at radius 2 is 2.44 bits per heavy atom. The SMILES string of the molecule is Cc1cc(C(=O)N2CCC(C)C(Cl)C2)on1. The highest BCUT2D eigenvalue weighted by Gasteiger charge is 2.29. The Morgan fingerprint density at radius 1 is 1.69 bits per heavy atom. The number of likely N-dealkylation sites (tertiary alicyclic amines) is 1. The predicted molar refractivity (Wildman–Crippen MR) is 60.6 cm³/mol. The first kappa shape index (κ1) is 11.5. The number of hydrogen-bond donors (Lipinski definition) is 0. The summed E-state index contributed by atoms with van der Waals surface area (Å²) in [6, 6.07) is 1.66. The summed E-state index contributed by atoms with van der Waals surface area (Å²) in [6.45, 7) is 5.23. The van der Waals surface area contributed by atoms with Gasteiger partial charge in [0.05, 0.1) is 11.1 Å². The fourth-order valence-corrected chi connectivity index (χ4v) is 2.12. The smallest absolute Gasteiger partial charge is 0.292 e. The number of rotatable bonds is 1. The number of halogens is 1. The number of amides is 1. The topological polar surface area (TPSA) is 46.3 Å². The summed E-state index contributed by atoms with van der Waals surface area (Å²) in [5.74, 6) is 0.649. The fourth-order valence-electron chi connectivity index (χ4n) is 1.83. The third-order valence-electron chi connectivity index (χ3n) is 2.99. The minimum absolute atomic E-state index is 0.0294. The van der Waals surface area contributed by atoms with Crippen molar-refractivity contribution in [2.75, 3.05) is 13.1 Å². The molecule has 0 N–H and O–H groups in total. The largest absolute Gasteiger partial charge is 0.351 e. The van der Waals surface area contributed by atoms with Gasteiger partial charge >= 0.3 is 0 Å². The molecule has 16 heavy (non-hydrogen) atoms. The van der Waals surface area contributed by atoms with E-state index in [1.54, 1.807) is 17.9 Å². The molecule has 1 saturated heterocycles. The monoisotopic (exact) mass is 242 g/mol. The quantitative estimate of drug-likeness (QED) is 0.709. The van der Waals surface area contributed by atoms with Crippen molar-refractivity contribution < 1.29 is 9.32 Å². The Morgan fingerprint density at radius 3 is 3.00 bits per heavy atom. The second-order valence-corrected chi connectivity index (χ2v) is 4.93. The third-order valence-corrected chi connectivity index (χ3v) is 3.56. The molecule has 0 radical (unpaired) electrons. The highest BCUT2D eigenvalue weighted by Crippen LogP contribution is 2.23. The standard InChI is InChI=1S/C11H15ClN2O2/c1-7-3-4-14(6-9(7)12)11(15)10-5-8(2)13-16-10/h5,7,9H,3-4,6H2,1-2H3. The van der Waals surface area contributed by atoms with Crippen LogP contribution in [0.25, 0.3) is 0 Å². The van der Waals surface area contributed by atoms with Crippen LogP contribution < -0.4 is 0 Å². The zero-order valence-electron chi connectivity index (χ0n) is 9.44. The van der Waals surface area contributed by atoms with Gasteiger partial charge in [0.1, 0.15) is 0 Å². The molecule has 4 nitrogen and oxygen atoms in total. The molecule has 1 fully saturated rings.